The van der Waals surface area contributed by atoms with Crippen molar-refractivity contribution in [1.82, 2.24) is 5.32 Å². The Morgan fingerprint density at radius 2 is 1.95 bits per heavy atom. The van der Waals surface area contributed by atoms with E-state index in [9.17, 15) is 0 Å². The molecule has 3 heteroatoms. The van der Waals surface area contributed by atoms with Crippen molar-refractivity contribution in [2.24, 2.45) is 0 Å². The van der Waals surface area contributed by atoms with Crippen LogP contribution in [0.25, 0.3) is 0 Å². The molecule has 0 atom stereocenters. The normalized spacial score (nSPS) is 11.7. The quantitative estimate of drug-likeness (QED) is 0.896. The van der Waals surface area contributed by atoms with Gasteiger partial charge in [0.15, 0.2) is 0 Å². The molecule has 1 N–H and O–H groups in total. The molecular formula is C18H26N2O. The Morgan fingerprint density at radius 1 is 1.19 bits per heavy atom. The second-order valence-corrected chi connectivity index (χ2v) is 6.67. The minimum absolute atomic E-state index is 0.108. The van der Waals surface area contributed by atoms with Crippen molar-refractivity contribution >= 4 is 5.69 Å². The molecule has 0 bridgehead atoms. The van der Waals surface area contributed by atoms with Gasteiger partial charge in [-0.2, -0.15) is 0 Å². The van der Waals surface area contributed by atoms with E-state index < -0.39 is 0 Å². The highest BCUT2D eigenvalue weighted by molar-refractivity contribution is 5.48. The van der Waals surface area contributed by atoms with Crippen LogP contribution in [0, 0.1) is 6.92 Å². The Hall–Kier alpha value is -1.74. The third kappa shape index (κ3) is 4.64. The summed E-state index contributed by atoms with van der Waals surface area (Å²) in [7, 11) is 2.10. The van der Waals surface area contributed by atoms with E-state index in [1.165, 1.54) is 16.8 Å². The van der Waals surface area contributed by atoms with E-state index in [1.807, 2.05) is 0 Å². The molecule has 0 spiro atoms. The molecule has 0 radical (unpaired) electrons. The Labute approximate surface area is 128 Å². The Bertz CT molecular complexity index is 581. The largest absolute Gasteiger partial charge is 0.467 e. The molecule has 0 aliphatic carbocycles. The fraction of sp³-hybridized carbons (Fsp3) is 0.444. The number of nitrogens with zero attached hydrogens (tertiary/aromatic N) is 1. The van der Waals surface area contributed by atoms with Crippen molar-refractivity contribution in [3.05, 3.63) is 53.5 Å². The molecule has 1 aromatic heterocycles. The van der Waals surface area contributed by atoms with E-state index in [0.717, 1.165) is 18.8 Å². The van der Waals surface area contributed by atoms with Crippen LogP contribution in [0.4, 0.5) is 5.69 Å². The SMILES string of the molecule is Cc1cccc(N(C)Cc2occc2CNC(C)(C)C)c1. The molecule has 1 heterocycles. The van der Waals surface area contributed by atoms with Gasteiger partial charge < -0.3 is 14.6 Å². The number of benzene rings is 1. The first-order valence-electron chi connectivity index (χ1n) is 7.43. The molecule has 0 aliphatic heterocycles. The van der Waals surface area contributed by atoms with Crippen molar-refractivity contribution in [1.29, 1.82) is 0 Å². The maximum Gasteiger partial charge on any atom is 0.127 e. The predicted octanol–water partition coefficient (Wildman–Crippen LogP) is 4.11. The summed E-state index contributed by atoms with van der Waals surface area (Å²) in [6, 6.07) is 10.6. The lowest BCUT2D eigenvalue weighted by Gasteiger charge is -2.22. The van der Waals surface area contributed by atoms with Crippen LogP contribution in [-0.2, 0) is 13.1 Å². The summed E-state index contributed by atoms with van der Waals surface area (Å²) in [4.78, 5) is 2.21. The fourth-order valence-corrected chi connectivity index (χ4v) is 2.20. The first kappa shape index (κ1) is 15.6. The lowest BCUT2D eigenvalue weighted by molar-refractivity contribution is 0.419. The van der Waals surface area contributed by atoms with E-state index in [1.54, 1.807) is 6.26 Å². The van der Waals surface area contributed by atoms with Crippen LogP contribution in [0.5, 0.6) is 0 Å². The zero-order valence-corrected chi connectivity index (χ0v) is 13.7. The average Bonchev–Trinajstić information content (AvgIpc) is 2.83. The van der Waals surface area contributed by atoms with Gasteiger partial charge in [0, 0.05) is 30.4 Å². The molecule has 0 saturated heterocycles. The van der Waals surface area contributed by atoms with Crippen LogP contribution in [0.2, 0.25) is 0 Å². The second-order valence-electron chi connectivity index (χ2n) is 6.67. The third-order valence-corrected chi connectivity index (χ3v) is 3.47. The summed E-state index contributed by atoms with van der Waals surface area (Å²) < 4.78 is 5.67. The zero-order valence-electron chi connectivity index (χ0n) is 13.7. The maximum absolute atomic E-state index is 5.67. The number of anilines is 1. The van der Waals surface area contributed by atoms with Gasteiger partial charge >= 0.3 is 0 Å². The molecule has 21 heavy (non-hydrogen) atoms. The summed E-state index contributed by atoms with van der Waals surface area (Å²) in [5.74, 6) is 1.02. The number of furan rings is 1. The van der Waals surface area contributed by atoms with E-state index in [4.69, 9.17) is 4.42 Å². The Morgan fingerprint density at radius 3 is 2.62 bits per heavy atom. The smallest absolute Gasteiger partial charge is 0.127 e. The molecule has 0 unspecified atom stereocenters. The van der Waals surface area contributed by atoms with E-state index >= 15 is 0 Å². The van der Waals surface area contributed by atoms with E-state index in [2.05, 4.69) is 75.3 Å². The van der Waals surface area contributed by atoms with Gasteiger partial charge in [-0.15, -0.1) is 0 Å². The summed E-state index contributed by atoms with van der Waals surface area (Å²) in [5.41, 5.74) is 3.82. The molecular weight excluding hydrogens is 260 g/mol. The predicted molar refractivity (Wildman–Crippen MR) is 88.6 cm³/mol. The molecule has 114 valence electrons. The first-order valence-corrected chi connectivity index (χ1v) is 7.43. The van der Waals surface area contributed by atoms with Gasteiger partial charge in [-0.3, -0.25) is 0 Å². The van der Waals surface area contributed by atoms with Crippen LogP contribution in [0.3, 0.4) is 0 Å². The van der Waals surface area contributed by atoms with Crippen molar-refractivity contribution in [3.63, 3.8) is 0 Å². The number of rotatable bonds is 5. The van der Waals surface area contributed by atoms with Crippen LogP contribution in [-0.4, -0.2) is 12.6 Å². The summed E-state index contributed by atoms with van der Waals surface area (Å²) in [6.07, 6.45) is 1.78. The molecule has 1 aromatic carbocycles. The van der Waals surface area contributed by atoms with E-state index in [0.29, 0.717) is 0 Å². The lowest BCUT2D eigenvalue weighted by atomic mass is 10.1. The lowest BCUT2D eigenvalue weighted by Crippen LogP contribution is -2.35. The highest BCUT2D eigenvalue weighted by atomic mass is 16.3. The molecule has 0 saturated carbocycles. The minimum atomic E-state index is 0.108. The Kier molecular flexibility index (Phi) is 4.73. The van der Waals surface area contributed by atoms with Gasteiger partial charge in [0.25, 0.3) is 0 Å². The van der Waals surface area contributed by atoms with Crippen molar-refractivity contribution < 1.29 is 4.42 Å². The molecule has 0 fully saturated rings. The summed E-state index contributed by atoms with van der Waals surface area (Å²) in [5, 5.41) is 3.51. The van der Waals surface area contributed by atoms with Gasteiger partial charge in [0.1, 0.15) is 5.76 Å². The van der Waals surface area contributed by atoms with E-state index in [-0.39, 0.29) is 5.54 Å². The monoisotopic (exact) mass is 286 g/mol. The van der Waals surface area contributed by atoms with Gasteiger partial charge in [-0.1, -0.05) is 12.1 Å². The topological polar surface area (TPSA) is 28.4 Å². The van der Waals surface area contributed by atoms with Gasteiger partial charge in [-0.05, 0) is 51.5 Å². The summed E-state index contributed by atoms with van der Waals surface area (Å²) in [6.45, 7) is 10.2. The number of nitrogens with one attached hydrogen (secondary N) is 1. The zero-order chi connectivity index (χ0) is 15.5. The average molecular weight is 286 g/mol. The standard InChI is InChI=1S/C18H26N2O/c1-14-7-6-8-16(11-14)20(5)13-17-15(9-10-21-17)12-19-18(2,3)4/h6-11,19H,12-13H2,1-5H3. The van der Waals surface area contributed by atoms with Crippen LogP contribution >= 0.6 is 0 Å². The summed E-state index contributed by atoms with van der Waals surface area (Å²) >= 11 is 0. The highest BCUT2D eigenvalue weighted by Gasteiger charge is 2.13. The Balaban J connectivity index is 2.05. The van der Waals surface area contributed by atoms with Crippen LogP contribution in [0.1, 0.15) is 37.7 Å². The van der Waals surface area contributed by atoms with Gasteiger partial charge in [0.05, 0.1) is 12.8 Å². The highest BCUT2D eigenvalue weighted by Crippen LogP contribution is 2.20. The number of hydrogen-bond acceptors (Lipinski definition) is 3. The molecule has 0 amide bonds. The number of aryl methyl sites for hydroxylation is 1. The first-order chi connectivity index (χ1) is 9.85. The fourth-order valence-electron chi connectivity index (χ4n) is 2.20. The number of hydrogen-bond donors (Lipinski definition) is 1. The third-order valence-electron chi connectivity index (χ3n) is 3.47. The minimum Gasteiger partial charge on any atom is -0.467 e. The van der Waals surface area contributed by atoms with Crippen LogP contribution in [0.15, 0.2) is 41.0 Å². The maximum atomic E-state index is 5.67. The second kappa shape index (κ2) is 6.35. The van der Waals surface area contributed by atoms with Crippen molar-refractivity contribution in [3.8, 4) is 0 Å². The van der Waals surface area contributed by atoms with Crippen molar-refractivity contribution in [2.75, 3.05) is 11.9 Å². The molecule has 0 aliphatic rings. The van der Waals surface area contributed by atoms with Crippen LogP contribution < -0.4 is 10.2 Å². The van der Waals surface area contributed by atoms with Gasteiger partial charge in [-0.25, -0.2) is 0 Å². The molecule has 2 rings (SSSR count). The molecule has 2 aromatic rings. The van der Waals surface area contributed by atoms with Crippen molar-refractivity contribution in [2.45, 2.75) is 46.3 Å². The molecule has 3 nitrogen and oxygen atoms in total. The van der Waals surface area contributed by atoms with Gasteiger partial charge in [0.2, 0.25) is 0 Å².